The Hall–Kier alpha value is -1.21. The molecule has 1 aromatic carbocycles. The van der Waals surface area contributed by atoms with Gasteiger partial charge in [0.25, 0.3) is 0 Å². The lowest BCUT2D eigenvalue weighted by atomic mass is 9.98. The zero-order valence-corrected chi connectivity index (χ0v) is 16.6. The van der Waals surface area contributed by atoms with Crippen LogP contribution in [0.2, 0.25) is 0 Å². The number of nitrogens with one attached hydrogen (secondary N) is 1. The molecule has 1 N–H and O–H groups in total. The Morgan fingerprint density at radius 2 is 1.88 bits per heavy atom. The number of hydrogen-bond donors (Lipinski definition) is 1. The molecule has 5 nitrogen and oxygen atoms in total. The Bertz CT molecular complexity index is 737. The summed E-state index contributed by atoms with van der Waals surface area (Å²) in [6.45, 7) is 8.02. The molecule has 0 radical (unpaired) electrons. The molecule has 1 heterocycles. The van der Waals surface area contributed by atoms with Crippen LogP contribution in [0.15, 0.2) is 29.2 Å². The monoisotopic (exact) mass is 378 g/mol. The minimum Gasteiger partial charge on any atom is -0.379 e. The van der Waals surface area contributed by atoms with Gasteiger partial charge in [-0.3, -0.25) is 4.90 Å². The molecule has 3 rings (SSSR count). The predicted molar refractivity (Wildman–Crippen MR) is 105 cm³/mol. The average molecular weight is 379 g/mol. The maximum Gasteiger partial charge on any atom is 0.236 e. The molecule has 0 unspecified atom stereocenters. The third kappa shape index (κ3) is 4.94. The summed E-state index contributed by atoms with van der Waals surface area (Å²) in [5.74, 6) is 0.521. The van der Waals surface area contributed by atoms with Gasteiger partial charge in [0.05, 0.1) is 18.1 Å². The van der Waals surface area contributed by atoms with Crippen LogP contribution in [0.5, 0.6) is 0 Å². The molecule has 1 aliphatic carbocycles. The van der Waals surface area contributed by atoms with Gasteiger partial charge in [0.2, 0.25) is 10.0 Å². The van der Waals surface area contributed by atoms with E-state index in [0.29, 0.717) is 23.8 Å². The van der Waals surface area contributed by atoms with Gasteiger partial charge in [-0.05, 0) is 42.4 Å². The normalized spacial score (nSPS) is 19.9. The second kappa shape index (κ2) is 8.65. The third-order valence-corrected chi connectivity index (χ3v) is 6.73. The smallest absolute Gasteiger partial charge is 0.236 e. The minimum atomic E-state index is -3.44. The van der Waals surface area contributed by atoms with Crippen molar-refractivity contribution in [1.29, 1.82) is 0 Å². The predicted octanol–water partition coefficient (Wildman–Crippen LogP) is 2.64. The molecular formula is C20H30N2O3S. The first-order chi connectivity index (χ1) is 12.5. The molecule has 1 aromatic rings. The molecule has 0 saturated carbocycles. The highest BCUT2D eigenvalue weighted by molar-refractivity contribution is 7.93. The highest BCUT2D eigenvalue weighted by atomic mass is 32.2. The molecule has 6 heteroatoms. The standard InChI is InChI=1S/C20H30N2O3S/c1-16(2)13-19(22-9-11-25-12-10-22)15-21-26(23,24)20-8-7-17-5-3-4-6-18(17)14-20/h3-6,14,16,19,21H,7-13,15H2,1-2H3/t19-/m0/s1. The number of benzene rings is 1. The van der Waals surface area contributed by atoms with E-state index in [1.54, 1.807) is 0 Å². The largest absolute Gasteiger partial charge is 0.379 e. The summed E-state index contributed by atoms with van der Waals surface area (Å²) in [7, 11) is -3.44. The van der Waals surface area contributed by atoms with Crippen LogP contribution in [0, 0.1) is 5.92 Å². The first-order valence-electron chi connectivity index (χ1n) is 9.55. The first-order valence-corrected chi connectivity index (χ1v) is 11.0. The van der Waals surface area contributed by atoms with E-state index in [1.165, 1.54) is 5.56 Å². The van der Waals surface area contributed by atoms with E-state index in [1.807, 2.05) is 24.3 Å². The van der Waals surface area contributed by atoms with E-state index in [-0.39, 0.29) is 6.04 Å². The van der Waals surface area contributed by atoms with Crippen LogP contribution in [0.4, 0.5) is 0 Å². The van der Waals surface area contributed by atoms with Crippen LogP contribution in [0.3, 0.4) is 0 Å². The summed E-state index contributed by atoms with van der Waals surface area (Å²) in [6, 6.07) is 8.22. The number of morpholine rings is 1. The Labute approximate surface area is 157 Å². The fourth-order valence-corrected chi connectivity index (χ4v) is 5.02. The van der Waals surface area contributed by atoms with E-state index in [9.17, 15) is 8.42 Å². The van der Waals surface area contributed by atoms with Crippen LogP contribution >= 0.6 is 0 Å². The summed E-state index contributed by atoms with van der Waals surface area (Å²) in [5.41, 5.74) is 2.24. The second-order valence-corrected chi connectivity index (χ2v) is 9.41. The van der Waals surface area contributed by atoms with Crippen LogP contribution in [0.1, 0.15) is 37.8 Å². The van der Waals surface area contributed by atoms with Crippen LogP contribution in [-0.4, -0.2) is 52.2 Å². The van der Waals surface area contributed by atoms with Crippen molar-refractivity contribution in [2.75, 3.05) is 32.8 Å². The highest BCUT2D eigenvalue weighted by Gasteiger charge is 2.26. The molecule has 0 bridgehead atoms. The van der Waals surface area contributed by atoms with Crippen LogP contribution in [0.25, 0.3) is 6.08 Å². The quantitative estimate of drug-likeness (QED) is 0.792. The number of allylic oxidation sites excluding steroid dienone is 1. The SMILES string of the molecule is CC(C)C[C@@H](CNS(=O)(=O)C1=Cc2ccccc2CC1)N1CCOCC1. The van der Waals surface area contributed by atoms with Gasteiger partial charge in [-0.15, -0.1) is 0 Å². The summed E-state index contributed by atoms with van der Waals surface area (Å²) >= 11 is 0. The Morgan fingerprint density at radius 3 is 2.62 bits per heavy atom. The number of nitrogens with zero attached hydrogens (tertiary/aromatic N) is 1. The molecule has 0 spiro atoms. The molecule has 1 fully saturated rings. The van der Waals surface area contributed by atoms with E-state index >= 15 is 0 Å². The van der Waals surface area contributed by atoms with Gasteiger partial charge in [0, 0.05) is 25.7 Å². The topological polar surface area (TPSA) is 58.6 Å². The third-order valence-electron chi connectivity index (χ3n) is 5.17. The van der Waals surface area contributed by atoms with Gasteiger partial charge >= 0.3 is 0 Å². The van der Waals surface area contributed by atoms with Crippen LogP contribution < -0.4 is 4.72 Å². The van der Waals surface area contributed by atoms with Gasteiger partial charge in [-0.2, -0.15) is 0 Å². The van der Waals surface area contributed by atoms with Crippen molar-refractivity contribution in [1.82, 2.24) is 9.62 Å². The van der Waals surface area contributed by atoms with Crippen molar-refractivity contribution in [3.8, 4) is 0 Å². The maximum atomic E-state index is 12.8. The number of ether oxygens (including phenoxy) is 1. The van der Waals surface area contributed by atoms with Gasteiger partial charge in [-0.25, -0.2) is 13.1 Å². The number of fused-ring (bicyclic) bond motifs is 1. The molecule has 1 aliphatic heterocycles. The van der Waals surface area contributed by atoms with Crippen molar-refractivity contribution >= 4 is 16.1 Å². The fourth-order valence-electron chi connectivity index (χ4n) is 3.76. The maximum absolute atomic E-state index is 12.8. The molecule has 2 aliphatic rings. The fraction of sp³-hybridized carbons (Fsp3) is 0.600. The first kappa shape index (κ1) is 19.5. The van der Waals surface area contributed by atoms with Gasteiger partial charge in [0.1, 0.15) is 0 Å². The van der Waals surface area contributed by atoms with Gasteiger partial charge < -0.3 is 4.74 Å². The number of hydrogen-bond acceptors (Lipinski definition) is 4. The molecule has 0 aromatic heterocycles. The number of aryl methyl sites for hydroxylation is 1. The van der Waals surface area contributed by atoms with Crippen molar-refractivity contribution in [2.24, 2.45) is 5.92 Å². The van der Waals surface area contributed by atoms with Crippen molar-refractivity contribution in [3.63, 3.8) is 0 Å². The number of rotatable bonds is 7. The van der Waals surface area contributed by atoms with E-state index < -0.39 is 10.0 Å². The highest BCUT2D eigenvalue weighted by Crippen LogP contribution is 2.26. The van der Waals surface area contributed by atoms with Crippen LogP contribution in [-0.2, 0) is 21.2 Å². The van der Waals surface area contributed by atoms with E-state index in [4.69, 9.17) is 4.74 Å². The summed E-state index contributed by atoms with van der Waals surface area (Å²) in [5, 5.41) is 0. The zero-order chi connectivity index (χ0) is 18.6. The van der Waals surface area contributed by atoms with Gasteiger partial charge in [-0.1, -0.05) is 38.1 Å². The Balaban J connectivity index is 1.69. The molecule has 1 saturated heterocycles. The lowest BCUT2D eigenvalue weighted by molar-refractivity contribution is 0.0135. The average Bonchev–Trinajstić information content (AvgIpc) is 2.65. The molecule has 1 atom stereocenters. The van der Waals surface area contributed by atoms with Crippen molar-refractivity contribution in [3.05, 3.63) is 40.3 Å². The summed E-state index contributed by atoms with van der Waals surface area (Å²) in [4.78, 5) is 2.86. The van der Waals surface area contributed by atoms with Crippen molar-refractivity contribution in [2.45, 2.75) is 39.2 Å². The molecule has 26 heavy (non-hydrogen) atoms. The summed E-state index contributed by atoms with van der Waals surface area (Å²) in [6.07, 6.45) is 4.15. The van der Waals surface area contributed by atoms with E-state index in [0.717, 1.165) is 44.7 Å². The van der Waals surface area contributed by atoms with Gasteiger partial charge in [0.15, 0.2) is 0 Å². The Morgan fingerprint density at radius 1 is 1.15 bits per heavy atom. The van der Waals surface area contributed by atoms with E-state index in [2.05, 4.69) is 29.5 Å². The number of sulfonamides is 1. The molecule has 144 valence electrons. The zero-order valence-electron chi connectivity index (χ0n) is 15.8. The molecule has 0 amide bonds. The Kier molecular flexibility index (Phi) is 6.51. The minimum absolute atomic E-state index is 0.213. The molecular weight excluding hydrogens is 348 g/mol. The summed E-state index contributed by atoms with van der Waals surface area (Å²) < 4.78 is 34.0. The van der Waals surface area contributed by atoms with Crippen molar-refractivity contribution < 1.29 is 13.2 Å². The lowest BCUT2D eigenvalue weighted by Gasteiger charge is -2.35. The lowest BCUT2D eigenvalue weighted by Crippen LogP contribution is -2.49. The second-order valence-electron chi connectivity index (χ2n) is 7.59.